The molecule has 2 rings (SSSR count). The molecule has 78 valence electrons. The smallest absolute Gasteiger partial charge is 0.194 e. The van der Waals surface area contributed by atoms with Gasteiger partial charge in [0, 0.05) is 17.0 Å². The summed E-state index contributed by atoms with van der Waals surface area (Å²) in [6, 6.07) is 7.62. The summed E-state index contributed by atoms with van der Waals surface area (Å²) >= 11 is 5.83. The normalized spacial score (nSPS) is 10.6. The molecule has 0 spiro atoms. The van der Waals surface area contributed by atoms with Crippen LogP contribution < -0.4 is 0 Å². The predicted molar refractivity (Wildman–Crippen MR) is 61.1 cm³/mol. The lowest BCUT2D eigenvalue weighted by atomic mass is 10.1. The fraction of sp³-hybridized carbons (Fsp3) is 0.250. The van der Waals surface area contributed by atoms with Gasteiger partial charge in [-0.1, -0.05) is 30.7 Å². The minimum Gasteiger partial charge on any atom is -0.445 e. The third kappa shape index (κ3) is 2.05. The second-order valence-corrected chi connectivity index (χ2v) is 3.81. The Hall–Kier alpha value is -1.28. The van der Waals surface area contributed by atoms with Gasteiger partial charge in [-0.05, 0) is 19.1 Å². The van der Waals surface area contributed by atoms with Gasteiger partial charge in [-0.15, -0.1) is 0 Å². The Morgan fingerprint density at radius 1 is 1.27 bits per heavy atom. The van der Waals surface area contributed by atoms with Gasteiger partial charge in [0.2, 0.25) is 0 Å². The van der Waals surface area contributed by atoms with Crippen LogP contribution in [0, 0.1) is 6.92 Å². The second-order valence-electron chi connectivity index (χ2n) is 3.37. The van der Waals surface area contributed by atoms with Crippen LogP contribution in [0.1, 0.15) is 18.6 Å². The van der Waals surface area contributed by atoms with E-state index in [1.807, 2.05) is 38.1 Å². The number of rotatable bonds is 2. The molecule has 0 fully saturated rings. The van der Waals surface area contributed by atoms with Crippen molar-refractivity contribution in [2.45, 2.75) is 20.3 Å². The van der Waals surface area contributed by atoms with E-state index in [4.69, 9.17) is 16.0 Å². The first kappa shape index (κ1) is 10.2. The Bertz CT molecular complexity index is 459. The molecule has 0 saturated carbocycles. The van der Waals surface area contributed by atoms with Gasteiger partial charge >= 0.3 is 0 Å². The highest BCUT2D eigenvalue weighted by Crippen LogP contribution is 2.24. The minimum atomic E-state index is 0.732. The van der Waals surface area contributed by atoms with Crippen molar-refractivity contribution in [1.82, 2.24) is 4.98 Å². The van der Waals surface area contributed by atoms with Crippen molar-refractivity contribution in [3.63, 3.8) is 0 Å². The lowest BCUT2D eigenvalue weighted by Crippen LogP contribution is -1.81. The number of benzene rings is 1. The minimum absolute atomic E-state index is 0.732. The number of hydrogen-bond acceptors (Lipinski definition) is 2. The van der Waals surface area contributed by atoms with E-state index in [2.05, 4.69) is 4.98 Å². The lowest BCUT2D eigenvalue weighted by Gasteiger charge is -1.96. The van der Waals surface area contributed by atoms with Crippen molar-refractivity contribution in [2.75, 3.05) is 0 Å². The molecule has 3 heteroatoms. The van der Waals surface area contributed by atoms with Crippen molar-refractivity contribution in [2.24, 2.45) is 0 Å². The average Bonchev–Trinajstić information content (AvgIpc) is 2.61. The van der Waals surface area contributed by atoms with Gasteiger partial charge < -0.3 is 4.42 Å². The van der Waals surface area contributed by atoms with E-state index in [0.29, 0.717) is 0 Å². The Labute approximate surface area is 93.9 Å². The van der Waals surface area contributed by atoms with E-state index in [0.717, 1.165) is 34.4 Å². The fourth-order valence-electron chi connectivity index (χ4n) is 1.48. The number of aryl methyl sites for hydroxylation is 2. The molecule has 0 amide bonds. The van der Waals surface area contributed by atoms with E-state index in [1.54, 1.807) is 0 Å². The van der Waals surface area contributed by atoms with E-state index in [-0.39, 0.29) is 0 Å². The molecule has 2 aromatic rings. The summed E-state index contributed by atoms with van der Waals surface area (Å²) in [4.78, 5) is 4.42. The molecule has 0 unspecified atom stereocenters. The van der Waals surface area contributed by atoms with Gasteiger partial charge in [0.05, 0.1) is 0 Å². The molecule has 0 aliphatic heterocycles. The monoisotopic (exact) mass is 221 g/mol. The number of oxazole rings is 1. The molecule has 15 heavy (non-hydrogen) atoms. The quantitative estimate of drug-likeness (QED) is 0.770. The summed E-state index contributed by atoms with van der Waals surface area (Å²) in [6.45, 7) is 3.95. The van der Waals surface area contributed by atoms with E-state index < -0.39 is 0 Å². The first-order valence-corrected chi connectivity index (χ1v) is 5.30. The molecule has 0 bridgehead atoms. The number of hydrogen-bond donors (Lipinski definition) is 0. The molecule has 1 aromatic carbocycles. The maximum atomic E-state index is 5.83. The van der Waals surface area contributed by atoms with Crippen LogP contribution in [0.3, 0.4) is 0 Å². The van der Waals surface area contributed by atoms with E-state index >= 15 is 0 Å². The standard InChI is InChI=1S/C12H12ClNO/c1-3-11-14-12(8(2)15-11)9-4-6-10(13)7-5-9/h4-7H,3H2,1-2H3. The molecule has 0 N–H and O–H groups in total. The number of aromatic nitrogens is 1. The SMILES string of the molecule is CCc1nc(-c2ccc(Cl)cc2)c(C)o1. The van der Waals surface area contributed by atoms with Crippen LogP contribution in [0.2, 0.25) is 5.02 Å². The van der Waals surface area contributed by atoms with Gasteiger partial charge in [-0.2, -0.15) is 0 Å². The van der Waals surface area contributed by atoms with Crippen LogP contribution in [0.5, 0.6) is 0 Å². The number of nitrogens with zero attached hydrogens (tertiary/aromatic N) is 1. The average molecular weight is 222 g/mol. The maximum Gasteiger partial charge on any atom is 0.194 e. The van der Waals surface area contributed by atoms with Crippen LogP contribution in [-0.2, 0) is 6.42 Å². The fourth-order valence-corrected chi connectivity index (χ4v) is 1.60. The molecular weight excluding hydrogens is 210 g/mol. The molecule has 1 aromatic heterocycles. The molecule has 0 saturated heterocycles. The molecule has 2 nitrogen and oxygen atoms in total. The Balaban J connectivity index is 2.44. The van der Waals surface area contributed by atoms with Crippen LogP contribution in [0.4, 0.5) is 0 Å². The highest BCUT2D eigenvalue weighted by molar-refractivity contribution is 6.30. The highest BCUT2D eigenvalue weighted by Gasteiger charge is 2.09. The van der Waals surface area contributed by atoms with E-state index in [9.17, 15) is 0 Å². The van der Waals surface area contributed by atoms with Crippen molar-refractivity contribution in [3.05, 3.63) is 40.9 Å². The van der Waals surface area contributed by atoms with Crippen LogP contribution in [0.15, 0.2) is 28.7 Å². The third-order valence-corrected chi connectivity index (χ3v) is 2.51. The molecule has 0 atom stereocenters. The van der Waals surface area contributed by atoms with Crippen molar-refractivity contribution >= 4 is 11.6 Å². The zero-order chi connectivity index (χ0) is 10.8. The van der Waals surface area contributed by atoms with Crippen LogP contribution in [-0.4, -0.2) is 4.98 Å². The molecule has 0 aliphatic carbocycles. The highest BCUT2D eigenvalue weighted by atomic mass is 35.5. The molecule has 1 heterocycles. The summed E-state index contributed by atoms with van der Waals surface area (Å²) in [5, 5.41) is 0.732. The van der Waals surface area contributed by atoms with Gasteiger partial charge in [0.15, 0.2) is 5.89 Å². The molecule has 0 radical (unpaired) electrons. The zero-order valence-electron chi connectivity index (χ0n) is 8.75. The molecule has 0 aliphatic rings. The van der Waals surface area contributed by atoms with Crippen molar-refractivity contribution in [3.8, 4) is 11.3 Å². The van der Waals surface area contributed by atoms with Crippen molar-refractivity contribution in [1.29, 1.82) is 0 Å². The first-order chi connectivity index (χ1) is 7.20. The largest absolute Gasteiger partial charge is 0.445 e. The Kier molecular flexibility index (Phi) is 2.78. The maximum absolute atomic E-state index is 5.83. The Morgan fingerprint density at radius 3 is 2.47 bits per heavy atom. The summed E-state index contributed by atoms with van der Waals surface area (Å²) in [5.41, 5.74) is 1.95. The Morgan fingerprint density at radius 2 is 1.93 bits per heavy atom. The summed E-state index contributed by atoms with van der Waals surface area (Å²) < 4.78 is 5.50. The summed E-state index contributed by atoms with van der Waals surface area (Å²) in [7, 11) is 0. The van der Waals surface area contributed by atoms with Crippen LogP contribution in [0.25, 0.3) is 11.3 Å². The summed E-state index contributed by atoms with van der Waals surface area (Å²) in [5.74, 6) is 1.63. The first-order valence-electron chi connectivity index (χ1n) is 4.93. The summed E-state index contributed by atoms with van der Waals surface area (Å²) in [6.07, 6.45) is 0.814. The predicted octanol–water partition coefficient (Wildman–Crippen LogP) is 3.87. The van der Waals surface area contributed by atoms with Gasteiger partial charge in [0.25, 0.3) is 0 Å². The van der Waals surface area contributed by atoms with Crippen molar-refractivity contribution < 1.29 is 4.42 Å². The van der Waals surface area contributed by atoms with E-state index in [1.165, 1.54) is 0 Å². The number of halogens is 1. The van der Waals surface area contributed by atoms with Gasteiger partial charge in [-0.3, -0.25) is 0 Å². The van der Waals surface area contributed by atoms with Gasteiger partial charge in [-0.25, -0.2) is 4.98 Å². The molecular formula is C12H12ClNO. The van der Waals surface area contributed by atoms with Crippen LogP contribution >= 0.6 is 11.6 Å². The lowest BCUT2D eigenvalue weighted by molar-refractivity contribution is 0.477. The second kappa shape index (κ2) is 4.07. The topological polar surface area (TPSA) is 26.0 Å². The van der Waals surface area contributed by atoms with Gasteiger partial charge in [0.1, 0.15) is 11.5 Å². The zero-order valence-corrected chi connectivity index (χ0v) is 9.51. The third-order valence-electron chi connectivity index (χ3n) is 2.26.